The number of aliphatic hydroxyl groups excluding tert-OH is 3. The molecule has 0 amide bonds. The molecule has 1 aliphatic heterocycles. The number of hydrogen-bond acceptors (Lipinski definition) is 9. The zero-order valence-electron chi connectivity index (χ0n) is 19.8. The minimum Gasteiger partial charge on any atom is -0.497 e. The number of benzene rings is 3. The van der Waals surface area contributed by atoms with Gasteiger partial charge >= 0.3 is 11.9 Å². The molecule has 1 fully saturated rings. The van der Waals surface area contributed by atoms with E-state index < -0.39 is 48.6 Å². The third-order valence-corrected chi connectivity index (χ3v) is 6.18. The fraction of sp³-hybridized carbons (Fsp3) is 0.333. The first kappa shape index (κ1) is 25.6. The van der Waals surface area contributed by atoms with Crippen molar-refractivity contribution in [2.45, 2.75) is 50.2 Å². The molecule has 0 saturated carbocycles. The van der Waals surface area contributed by atoms with Gasteiger partial charge < -0.3 is 34.3 Å². The van der Waals surface area contributed by atoms with E-state index in [9.17, 15) is 24.9 Å². The molecule has 190 valence electrons. The summed E-state index contributed by atoms with van der Waals surface area (Å²) in [6.07, 6.45) is -8.67. The van der Waals surface area contributed by atoms with E-state index in [0.717, 1.165) is 10.8 Å². The lowest BCUT2D eigenvalue weighted by atomic mass is 9.97. The van der Waals surface area contributed by atoms with Crippen LogP contribution >= 0.6 is 0 Å². The highest BCUT2D eigenvalue weighted by molar-refractivity contribution is 5.87. The molecule has 6 atom stereocenters. The van der Waals surface area contributed by atoms with Gasteiger partial charge in [0, 0.05) is 0 Å². The Bertz CT molecular complexity index is 1210. The number of aliphatic hydroxyl groups is 3. The van der Waals surface area contributed by atoms with Crippen molar-refractivity contribution in [2.24, 2.45) is 0 Å². The van der Waals surface area contributed by atoms with Gasteiger partial charge in [-0.3, -0.25) is 4.79 Å². The van der Waals surface area contributed by atoms with Gasteiger partial charge in [-0.05, 0) is 41.0 Å². The normalized spacial score (nSPS) is 24.6. The van der Waals surface area contributed by atoms with Crippen LogP contribution in [0, 0.1) is 0 Å². The molecule has 4 rings (SSSR count). The van der Waals surface area contributed by atoms with Crippen LogP contribution in [-0.4, -0.2) is 65.1 Å². The number of carbonyl (C=O) groups excluding carboxylic acids is 2. The summed E-state index contributed by atoms with van der Waals surface area (Å²) in [5.74, 6) is -1.74. The monoisotopic (exact) mass is 496 g/mol. The molecule has 0 bridgehead atoms. The van der Waals surface area contributed by atoms with Crippen molar-refractivity contribution < 1.29 is 43.9 Å². The van der Waals surface area contributed by atoms with Gasteiger partial charge in [-0.2, -0.15) is 0 Å². The molecule has 3 unspecified atom stereocenters. The van der Waals surface area contributed by atoms with Gasteiger partial charge in [0.2, 0.25) is 6.29 Å². The van der Waals surface area contributed by atoms with Crippen molar-refractivity contribution in [3.8, 4) is 5.75 Å². The quantitative estimate of drug-likeness (QED) is 0.421. The van der Waals surface area contributed by atoms with E-state index in [1.54, 1.807) is 44.4 Å². The van der Waals surface area contributed by atoms with E-state index in [-0.39, 0.29) is 6.61 Å². The van der Waals surface area contributed by atoms with Crippen molar-refractivity contribution in [1.82, 2.24) is 0 Å². The Morgan fingerprint density at radius 2 is 1.61 bits per heavy atom. The molecule has 1 aliphatic rings. The number of hydrogen-bond donors (Lipinski definition) is 3. The van der Waals surface area contributed by atoms with Crippen LogP contribution in [0.25, 0.3) is 10.8 Å². The Labute approximate surface area is 207 Å². The number of rotatable bonds is 7. The molecular weight excluding hydrogens is 468 g/mol. The van der Waals surface area contributed by atoms with Crippen molar-refractivity contribution in [2.75, 3.05) is 7.11 Å². The standard InChI is InChI=1S/C27H28O9/c1-15(17-8-9-19-13-20(33-2)11-10-18(19)12-17)25(31)36-27-23(30)21(28)22(29)24(35-27)26(32)34-14-16-6-4-3-5-7-16/h3-13,15,21-24,27-30H,14H2,1-2H3/t15-,21?,22-,23?,24?,27-/m0/s1. The highest BCUT2D eigenvalue weighted by Crippen LogP contribution is 2.28. The molecule has 1 heterocycles. The van der Waals surface area contributed by atoms with Gasteiger partial charge in [0.05, 0.1) is 13.0 Å². The number of fused-ring (bicyclic) bond motifs is 1. The summed E-state index contributed by atoms with van der Waals surface area (Å²) >= 11 is 0. The maximum Gasteiger partial charge on any atom is 0.338 e. The van der Waals surface area contributed by atoms with E-state index in [0.29, 0.717) is 16.9 Å². The summed E-state index contributed by atoms with van der Waals surface area (Å²) in [6.45, 7) is 1.54. The summed E-state index contributed by atoms with van der Waals surface area (Å²) in [5.41, 5.74) is 1.37. The molecule has 36 heavy (non-hydrogen) atoms. The van der Waals surface area contributed by atoms with Gasteiger partial charge in [0.15, 0.2) is 6.10 Å². The molecule has 1 saturated heterocycles. The zero-order valence-corrected chi connectivity index (χ0v) is 19.8. The summed E-state index contributed by atoms with van der Waals surface area (Å²) in [4.78, 5) is 25.4. The van der Waals surface area contributed by atoms with Gasteiger partial charge in [0.25, 0.3) is 0 Å². The molecule has 3 N–H and O–H groups in total. The predicted molar refractivity (Wildman–Crippen MR) is 128 cm³/mol. The van der Waals surface area contributed by atoms with Crippen LogP contribution in [0.5, 0.6) is 5.75 Å². The van der Waals surface area contributed by atoms with E-state index in [1.165, 1.54) is 0 Å². The number of methoxy groups -OCH3 is 1. The molecule has 9 nitrogen and oxygen atoms in total. The van der Waals surface area contributed by atoms with Crippen LogP contribution < -0.4 is 4.74 Å². The highest BCUT2D eigenvalue weighted by Gasteiger charge is 2.49. The maximum absolute atomic E-state index is 12.9. The average molecular weight is 497 g/mol. The molecule has 0 aliphatic carbocycles. The first-order chi connectivity index (χ1) is 17.3. The van der Waals surface area contributed by atoms with Crippen molar-refractivity contribution in [3.05, 3.63) is 77.9 Å². The third-order valence-electron chi connectivity index (χ3n) is 6.18. The van der Waals surface area contributed by atoms with Crippen molar-refractivity contribution in [3.63, 3.8) is 0 Å². The van der Waals surface area contributed by atoms with Gasteiger partial charge in [-0.15, -0.1) is 0 Å². The van der Waals surface area contributed by atoms with Gasteiger partial charge in [0.1, 0.15) is 30.7 Å². The Morgan fingerprint density at radius 3 is 2.33 bits per heavy atom. The van der Waals surface area contributed by atoms with Gasteiger partial charge in [-0.1, -0.05) is 54.6 Å². The fourth-order valence-corrected chi connectivity index (χ4v) is 3.94. The third kappa shape index (κ3) is 5.50. The number of ether oxygens (including phenoxy) is 4. The first-order valence-electron chi connectivity index (χ1n) is 11.5. The summed E-state index contributed by atoms with van der Waals surface area (Å²) in [5, 5.41) is 32.7. The maximum atomic E-state index is 12.9. The van der Waals surface area contributed by atoms with Crippen LogP contribution in [0.1, 0.15) is 24.0 Å². The lowest BCUT2D eigenvalue weighted by molar-refractivity contribution is -0.288. The second-order valence-electron chi connectivity index (χ2n) is 8.62. The van der Waals surface area contributed by atoms with Gasteiger partial charge in [-0.25, -0.2) is 4.79 Å². The molecule has 9 heteroatoms. The topological polar surface area (TPSA) is 132 Å². The molecule has 3 aromatic rings. The van der Waals surface area contributed by atoms with E-state index >= 15 is 0 Å². The molecule has 3 aromatic carbocycles. The van der Waals surface area contributed by atoms with Crippen molar-refractivity contribution >= 4 is 22.7 Å². The highest BCUT2D eigenvalue weighted by atomic mass is 16.7. The molecule has 0 spiro atoms. The second-order valence-corrected chi connectivity index (χ2v) is 8.62. The lowest BCUT2D eigenvalue weighted by Crippen LogP contribution is -2.61. The predicted octanol–water partition coefficient (Wildman–Crippen LogP) is 2.05. The van der Waals surface area contributed by atoms with E-state index in [2.05, 4.69) is 0 Å². The Balaban J connectivity index is 1.43. The van der Waals surface area contributed by atoms with Crippen LogP contribution in [0.2, 0.25) is 0 Å². The fourth-order valence-electron chi connectivity index (χ4n) is 3.94. The minimum absolute atomic E-state index is 0.0831. The van der Waals surface area contributed by atoms with Crippen LogP contribution in [0.15, 0.2) is 66.7 Å². The summed E-state index contributed by atoms with van der Waals surface area (Å²) < 4.78 is 21.1. The lowest BCUT2D eigenvalue weighted by Gasteiger charge is -2.38. The molecular formula is C27H28O9. The molecule has 0 aromatic heterocycles. The first-order valence-corrected chi connectivity index (χ1v) is 11.5. The second kappa shape index (κ2) is 11.0. The van der Waals surface area contributed by atoms with E-state index in [4.69, 9.17) is 18.9 Å². The summed E-state index contributed by atoms with van der Waals surface area (Å²) in [6, 6.07) is 19.9. The number of carbonyl (C=O) groups is 2. The Hall–Kier alpha value is -3.50. The van der Waals surface area contributed by atoms with Crippen LogP contribution in [0.3, 0.4) is 0 Å². The minimum atomic E-state index is -1.79. The Morgan fingerprint density at radius 1 is 0.917 bits per heavy atom. The van der Waals surface area contributed by atoms with Crippen molar-refractivity contribution in [1.29, 1.82) is 0 Å². The molecule has 0 radical (unpaired) electrons. The largest absolute Gasteiger partial charge is 0.497 e. The Kier molecular flexibility index (Phi) is 7.85. The van der Waals surface area contributed by atoms with Crippen LogP contribution in [0.4, 0.5) is 0 Å². The SMILES string of the molecule is COc1ccc2cc([C@H](C)C(=O)O[C@@H]3OC(C(=O)OCc4ccccc4)[C@@H](O)C(O)C3O)ccc2c1. The van der Waals surface area contributed by atoms with E-state index in [1.807, 2.05) is 36.4 Å². The number of esters is 2. The van der Waals surface area contributed by atoms with Crippen LogP contribution in [-0.2, 0) is 30.4 Å². The zero-order chi connectivity index (χ0) is 25.8. The smallest absolute Gasteiger partial charge is 0.338 e. The summed E-state index contributed by atoms with van der Waals surface area (Å²) in [7, 11) is 1.58. The average Bonchev–Trinajstić information content (AvgIpc) is 2.91.